The van der Waals surface area contributed by atoms with E-state index in [4.69, 9.17) is 14.1 Å². The SMILES string of the molecule is I.O=C1CCCN1c1ccc(CN=C(NCCc2ccco2)NCCN2CCOCC2)cc1. The summed E-state index contributed by atoms with van der Waals surface area (Å²) < 4.78 is 10.8. The lowest BCUT2D eigenvalue weighted by Crippen LogP contribution is -2.44. The maximum atomic E-state index is 11.9. The summed E-state index contributed by atoms with van der Waals surface area (Å²) in [6.07, 6.45) is 4.09. The number of benzene rings is 1. The number of ether oxygens (including phenoxy) is 1. The second-order valence-electron chi connectivity index (χ2n) is 8.12. The van der Waals surface area contributed by atoms with Gasteiger partial charge in [0.1, 0.15) is 5.76 Å². The zero-order chi connectivity index (χ0) is 22.0. The molecule has 33 heavy (non-hydrogen) atoms. The monoisotopic (exact) mass is 567 g/mol. The Hall–Kier alpha value is -2.11. The van der Waals surface area contributed by atoms with Crippen molar-refractivity contribution in [3.05, 3.63) is 54.0 Å². The average molecular weight is 567 g/mol. The molecule has 0 radical (unpaired) electrons. The Morgan fingerprint density at radius 2 is 1.82 bits per heavy atom. The smallest absolute Gasteiger partial charge is 0.227 e. The number of rotatable bonds is 9. The zero-order valence-corrected chi connectivity index (χ0v) is 21.3. The number of hydrogen-bond donors (Lipinski definition) is 2. The molecule has 2 N–H and O–H groups in total. The predicted octanol–water partition coefficient (Wildman–Crippen LogP) is 2.63. The van der Waals surface area contributed by atoms with Crippen LogP contribution in [0.2, 0.25) is 0 Å². The maximum Gasteiger partial charge on any atom is 0.227 e. The lowest BCUT2D eigenvalue weighted by atomic mass is 10.2. The molecule has 3 heterocycles. The van der Waals surface area contributed by atoms with Crippen molar-refractivity contribution in [1.29, 1.82) is 0 Å². The number of amides is 1. The van der Waals surface area contributed by atoms with Gasteiger partial charge in [0.05, 0.1) is 26.0 Å². The summed E-state index contributed by atoms with van der Waals surface area (Å²) in [6, 6.07) is 12.0. The van der Waals surface area contributed by atoms with Crippen molar-refractivity contribution in [2.75, 3.05) is 57.4 Å². The van der Waals surface area contributed by atoms with E-state index in [9.17, 15) is 4.79 Å². The van der Waals surface area contributed by atoms with E-state index in [1.807, 2.05) is 29.2 Å². The number of carbonyl (C=O) groups is 1. The zero-order valence-electron chi connectivity index (χ0n) is 19.0. The van der Waals surface area contributed by atoms with Gasteiger partial charge >= 0.3 is 0 Å². The molecule has 180 valence electrons. The largest absolute Gasteiger partial charge is 0.469 e. The van der Waals surface area contributed by atoms with Crippen molar-refractivity contribution in [1.82, 2.24) is 15.5 Å². The third-order valence-electron chi connectivity index (χ3n) is 5.81. The van der Waals surface area contributed by atoms with Gasteiger partial charge in [-0.05, 0) is 36.2 Å². The predicted molar refractivity (Wildman–Crippen MR) is 140 cm³/mol. The topological polar surface area (TPSA) is 82.3 Å². The third kappa shape index (κ3) is 8.01. The fourth-order valence-corrected chi connectivity index (χ4v) is 3.96. The summed E-state index contributed by atoms with van der Waals surface area (Å²) >= 11 is 0. The van der Waals surface area contributed by atoms with Crippen LogP contribution in [-0.2, 0) is 22.5 Å². The first-order chi connectivity index (χ1) is 15.8. The van der Waals surface area contributed by atoms with Crippen LogP contribution in [0.4, 0.5) is 5.69 Å². The second-order valence-corrected chi connectivity index (χ2v) is 8.12. The molecule has 4 rings (SSSR count). The van der Waals surface area contributed by atoms with Gasteiger partial charge in [0, 0.05) is 57.8 Å². The van der Waals surface area contributed by atoms with Crippen molar-refractivity contribution in [2.24, 2.45) is 4.99 Å². The minimum Gasteiger partial charge on any atom is -0.469 e. The second kappa shape index (κ2) is 13.6. The number of hydrogen-bond acceptors (Lipinski definition) is 5. The number of anilines is 1. The Kier molecular flexibility index (Phi) is 10.5. The van der Waals surface area contributed by atoms with Crippen LogP contribution in [-0.4, -0.2) is 69.2 Å². The Bertz CT molecular complexity index is 867. The number of nitrogens with one attached hydrogen (secondary N) is 2. The van der Waals surface area contributed by atoms with Crippen LogP contribution in [0.15, 0.2) is 52.1 Å². The molecule has 0 spiro atoms. The molecule has 0 bridgehead atoms. The Morgan fingerprint density at radius 1 is 1.03 bits per heavy atom. The molecule has 2 aliphatic heterocycles. The summed E-state index contributed by atoms with van der Waals surface area (Å²) in [5.74, 6) is 1.96. The summed E-state index contributed by atoms with van der Waals surface area (Å²) in [5, 5.41) is 6.86. The molecule has 1 amide bonds. The van der Waals surface area contributed by atoms with Gasteiger partial charge in [-0.15, -0.1) is 24.0 Å². The quantitative estimate of drug-likeness (QED) is 0.276. The van der Waals surface area contributed by atoms with Crippen LogP contribution < -0.4 is 15.5 Å². The lowest BCUT2D eigenvalue weighted by Gasteiger charge is -2.26. The highest BCUT2D eigenvalue weighted by Crippen LogP contribution is 2.21. The molecule has 2 saturated heterocycles. The molecule has 2 aromatic rings. The van der Waals surface area contributed by atoms with Crippen LogP contribution in [0.5, 0.6) is 0 Å². The summed E-state index contributed by atoms with van der Waals surface area (Å²) in [4.78, 5) is 21.0. The van der Waals surface area contributed by atoms with E-state index < -0.39 is 0 Å². The Labute approximate surface area is 212 Å². The number of halogens is 1. The lowest BCUT2D eigenvalue weighted by molar-refractivity contribution is -0.117. The van der Waals surface area contributed by atoms with Gasteiger partial charge in [-0.25, -0.2) is 4.99 Å². The number of nitrogens with zero attached hydrogens (tertiary/aromatic N) is 3. The number of aliphatic imine (C=N–C) groups is 1. The van der Waals surface area contributed by atoms with E-state index in [-0.39, 0.29) is 29.9 Å². The van der Waals surface area contributed by atoms with Gasteiger partial charge in [0.2, 0.25) is 5.91 Å². The Balaban J connectivity index is 0.00000306. The first-order valence-electron chi connectivity index (χ1n) is 11.5. The first kappa shape index (κ1) is 25.5. The van der Waals surface area contributed by atoms with Crippen molar-refractivity contribution in [3.63, 3.8) is 0 Å². The van der Waals surface area contributed by atoms with Gasteiger partial charge in [-0.1, -0.05) is 12.1 Å². The van der Waals surface area contributed by atoms with Gasteiger partial charge in [0.25, 0.3) is 0 Å². The van der Waals surface area contributed by atoms with Crippen LogP contribution >= 0.6 is 24.0 Å². The number of carbonyl (C=O) groups excluding carboxylic acids is 1. The fraction of sp³-hybridized carbons (Fsp3) is 0.500. The molecule has 1 aromatic carbocycles. The van der Waals surface area contributed by atoms with Crippen molar-refractivity contribution in [3.8, 4) is 0 Å². The molecule has 0 atom stereocenters. The molecule has 1 aromatic heterocycles. The highest BCUT2D eigenvalue weighted by molar-refractivity contribution is 14.0. The van der Waals surface area contributed by atoms with Gasteiger partial charge in [-0.3, -0.25) is 9.69 Å². The molecule has 9 heteroatoms. The van der Waals surface area contributed by atoms with Gasteiger partial charge < -0.3 is 24.7 Å². The molecule has 8 nitrogen and oxygen atoms in total. The summed E-state index contributed by atoms with van der Waals surface area (Å²) in [5.41, 5.74) is 2.08. The van der Waals surface area contributed by atoms with Crippen molar-refractivity contribution in [2.45, 2.75) is 25.8 Å². The molecule has 0 unspecified atom stereocenters. The highest BCUT2D eigenvalue weighted by Gasteiger charge is 2.21. The highest BCUT2D eigenvalue weighted by atomic mass is 127. The minimum absolute atomic E-state index is 0. The van der Waals surface area contributed by atoms with E-state index in [0.29, 0.717) is 13.0 Å². The summed E-state index contributed by atoms with van der Waals surface area (Å²) in [7, 11) is 0. The first-order valence-corrected chi connectivity index (χ1v) is 11.5. The van der Waals surface area contributed by atoms with E-state index in [1.54, 1.807) is 6.26 Å². The minimum atomic E-state index is 0. The molecule has 0 aliphatic carbocycles. The normalized spacial score (nSPS) is 17.2. The molecule has 2 fully saturated rings. The van der Waals surface area contributed by atoms with E-state index >= 15 is 0 Å². The van der Waals surface area contributed by atoms with Crippen LogP contribution in [0.25, 0.3) is 0 Å². The van der Waals surface area contributed by atoms with E-state index in [2.05, 4.69) is 27.7 Å². The van der Waals surface area contributed by atoms with Crippen LogP contribution in [0.1, 0.15) is 24.2 Å². The molecule has 0 saturated carbocycles. The summed E-state index contributed by atoms with van der Waals surface area (Å²) in [6.45, 7) is 7.48. The molecular formula is C24H34IN5O3. The van der Waals surface area contributed by atoms with Crippen LogP contribution in [0.3, 0.4) is 0 Å². The average Bonchev–Trinajstić information content (AvgIpc) is 3.50. The number of guanidine groups is 1. The number of furan rings is 1. The van der Waals surface area contributed by atoms with Gasteiger partial charge in [0.15, 0.2) is 5.96 Å². The van der Waals surface area contributed by atoms with Crippen molar-refractivity contribution < 1.29 is 13.9 Å². The van der Waals surface area contributed by atoms with Crippen LogP contribution in [0, 0.1) is 0 Å². The van der Waals surface area contributed by atoms with Gasteiger partial charge in [-0.2, -0.15) is 0 Å². The molecule has 2 aliphatic rings. The fourth-order valence-electron chi connectivity index (χ4n) is 3.96. The standard InChI is InChI=1S/C24H33N5O3.HI/c30-23-4-1-12-29(23)21-7-5-20(6-8-21)19-27-24(25-10-9-22-3-2-16-32-22)26-11-13-28-14-17-31-18-15-28;/h2-3,5-8,16H,1,4,9-15,17-19H2,(H2,25,26,27);1H. The maximum absolute atomic E-state index is 11.9. The van der Waals surface area contributed by atoms with E-state index in [0.717, 1.165) is 88.3 Å². The number of morpholine rings is 1. The molecular weight excluding hydrogens is 533 g/mol. The van der Waals surface area contributed by atoms with Crippen molar-refractivity contribution >= 4 is 41.5 Å². The Morgan fingerprint density at radius 3 is 2.52 bits per heavy atom. The third-order valence-corrected chi connectivity index (χ3v) is 5.81. The van der Waals surface area contributed by atoms with E-state index in [1.165, 1.54) is 0 Å².